The summed E-state index contributed by atoms with van der Waals surface area (Å²) in [4.78, 5) is 25.2. The Morgan fingerprint density at radius 1 is 1.40 bits per heavy atom. The summed E-state index contributed by atoms with van der Waals surface area (Å²) in [6.07, 6.45) is 2.53. The molecule has 3 rings (SSSR count). The minimum absolute atomic E-state index is 0. The lowest BCUT2D eigenvalue weighted by Crippen LogP contribution is -2.29. The van der Waals surface area contributed by atoms with Crippen LogP contribution < -0.4 is 16.4 Å². The van der Waals surface area contributed by atoms with E-state index >= 15 is 0 Å². The Balaban J connectivity index is 0.00000147. The normalized spacial score (nSPS) is 14.0. The highest BCUT2D eigenvalue weighted by molar-refractivity contribution is 5.94. The number of halogens is 1. The van der Waals surface area contributed by atoms with Crippen molar-refractivity contribution in [1.82, 2.24) is 10.3 Å². The van der Waals surface area contributed by atoms with Crippen molar-refractivity contribution in [3.63, 3.8) is 0 Å². The van der Waals surface area contributed by atoms with E-state index in [0.717, 1.165) is 12.5 Å². The van der Waals surface area contributed by atoms with Crippen LogP contribution in [0.4, 0.5) is 5.69 Å². The summed E-state index contributed by atoms with van der Waals surface area (Å²) in [5, 5.41) is 5.89. The molecule has 108 valence electrons. The van der Waals surface area contributed by atoms with Gasteiger partial charge in [-0.2, -0.15) is 0 Å². The monoisotopic (exact) mass is 297 g/mol. The molecule has 7 heteroatoms. The second kappa shape index (κ2) is 6.11. The standard InChI is InChI=1S/C13H15N3O3.ClH/c17-12(7-14-6-8-1-2-8)15-9-3-4-11-10(5-9)16-13(18)19-11;/h3-5,8,14H,1-2,6-7H2,(H,15,17)(H,16,18);1H. The molecular formula is C13H16ClN3O3. The largest absolute Gasteiger partial charge is 0.417 e. The van der Waals surface area contributed by atoms with Gasteiger partial charge in [-0.25, -0.2) is 4.79 Å². The molecule has 6 nitrogen and oxygen atoms in total. The van der Waals surface area contributed by atoms with E-state index in [1.807, 2.05) is 0 Å². The van der Waals surface area contributed by atoms with Crippen molar-refractivity contribution in [2.75, 3.05) is 18.4 Å². The molecule has 1 aromatic heterocycles. The lowest BCUT2D eigenvalue weighted by molar-refractivity contribution is -0.115. The first-order chi connectivity index (χ1) is 9.20. The summed E-state index contributed by atoms with van der Waals surface area (Å²) in [6, 6.07) is 5.04. The molecule has 1 aliphatic carbocycles. The summed E-state index contributed by atoms with van der Waals surface area (Å²) in [6.45, 7) is 1.21. The van der Waals surface area contributed by atoms with Gasteiger partial charge in [0.25, 0.3) is 0 Å². The van der Waals surface area contributed by atoms with Crippen molar-refractivity contribution in [3.8, 4) is 0 Å². The molecule has 3 N–H and O–H groups in total. The molecule has 0 unspecified atom stereocenters. The number of carbonyl (C=O) groups excluding carboxylic acids is 1. The first kappa shape index (κ1) is 14.6. The van der Waals surface area contributed by atoms with Crippen molar-refractivity contribution in [3.05, 3.63) is 28.7 Å². The van der Waals surface area contributed by atoms with E-state index in [4.69, 9.17) is 4.42 Å². The van der Waals surface area contributed by atoms with Crippen molar-refractivity contribution < 1.29 is 9.21 Å². The van der Waals surface area contributed by atoms with Gasteiger partial charge >= 0.3 is 5.76 Å². The summed E-state index contributed by atoms with van der Waals surface area (Å²) >= 11 is 0. The number of nitrogens with one attached hydrogen (secondary N) is 3. The number of benzene rings is 1. The van der Waals surface area contributed by atoms with Gasteiger partial charge in [-0.15, -0.1) is 12.4 Å². The molecule has 1 saturated carbocycles. The maximum absolute atomic E-state index is 11.7. The van der Waals surface area contributed by atoms with Crippen molar-refractivity contribution >= 4 is 35.1 Å². The number of oxazole rings is 1. The maximum atomic E-state index is 11.7. The Labute approximate surface area is 121 Å². The number of amides is 1. The molecule has 1 aromatic carbocycles. The second-order valence-electron chi connectivity index (χ2n) is 4.85. The first-order valence-electron chi connectivity index (χ1n) is 6.34. The molecule has 1 heterocycles. The van der Waals surface area contributed by atoms with Crippen LogP contribution in [0.5, 0.6) is 0 Å². The molecule has 20 heavy (non-hydrogen) atoms. The van der Waals surface area contributed by atoms with Crippen LogP contribution in [0.1, 0.15) is 12.8 Å². The smallest absolute Gasteiger partial charge is 0.408 e. The van der Waals surface area contributed by atoms with Gasteiger partial charge in [0, 0.05) is 5.69 Å². The molecule has 0 bridgehead atoms. The van der Waals surface area contributed by atoms with Crippen LogP contribution in [0, 0.1) is 5.92 Å². The molecule has 1 fully saturated rings. The summed E-state index contributed by atoms with van der Waals surface area (Å²) in [7, 11) is 0. The number of hydrogen-bond donors (Lipinski definition) is 3. The minimum atomic E-state index is -0.496. The van der Waals surface area contributed by atoms with Crippen LogP contribution >= 0.6 is 12.4 Å². The Bertz CT molecular complexity index is 660. The Hall–Kier alpha value is -1.79. The Morgan fingerprint density at radius 2 is 2.20 bits per heavy atom. The molecule has 0 spiro atoms. The van der Waals surface area contributed by atoms with Crippen LogP contribution in [0.2, 0.25) is 0 Å². The number of rotatable bonds is 5. The van der Waals surface area contributed by atoms with Crippen molar-refractivity contribution in [1.29, 1.82) is 0 Å². The predicted octanol–water partition coefficient (Wildman–Crippen LogP) is 1.48. The van der Waals surface area contributed by atoms with E-state index in [1.165, 1.54) is 12.8 Å². The fourth-order valence-electron chi connectivity index (χ4n) is 1.95. The average Bonchev–Trinajstić information content (AvgIpc) is 3.09. The highest BCUT2D eigenvalue weighted by Gasteiger charge is 2.20. The zero-order valence-corrected chi connectivity index (χ0v) is 11.6. The van der Waals surface area contributed by atoms with Gasteiger partial charge in [-0.3, -0.25) is 9.78 Å². The fraction of sp³-hybridized carbons (Fsp3) is 0.385. The van der Waals surface area contributed by atoms with E-state index in [2.05, 4.69) is 15.6 Å². The van der Waals surface area contributed by atoms with E-state index in [0.29, 0.717) is 23.3 Å². The van der Waals surface area contributed by atoms with Gasteiger partial charge in [0.1, 0.15) is 0 Å². The maximum Gasteiger partial charge on any atom is 0.417 e. The molecule has 2 aromatic rings. The number of H-pyrrole nitrogens is 1. The van der Waals surface area contributed by atoms with Crippen LogP contribution in [-0.4, -0.2) is 24.0 Å². The molecular weight excluding hydrogens is 282 g/mol. The minimum Gasteiger partial charge on any atom is -0.408 e. The van der Waals surface area contributed by atoms with Crippen LogP contribution in [0.3, 0.4) is 0 Å². The van der Waals surface area contributed by atoms with E-state index in [9.17, 15) is 9.59 Å². The third kappa shape index (κ3) is 3.61. The molecule has 0 aliphatic heterocycles. The van der Waals surface area contributed by atoms with Gasteiger partial charge in [0.2, 0.25) is 5.91 Å². The Morgan fingerprint density at radius 3 is 2.95 bits per heavy atom. The molecule has 0 saturated heterocycles. The summed E-state index contributed by atoms with van der Waals surface area (Å²) in [5.74, 6) is 0.163. The van der Waals surface area contributed by atoms with Crippen molar-refractivity contribution in [2.24, 2.45) is 5.92 Å². The summed E-state index contributed by atoms with van der Waals surface area (Å²) in [5.41, 5.74) is 1.70. The van der Waals surface area contributed by atoms with Gasteiger partial charge < -0.3 is 15.1 Å². The number of carbonyl (C=O) groups is 1. The first-order valence-corrected chi connectivity index (χ1v) is 6.34. The summed E-state index contributed by atoms with van der Waals surface area (Å²) < 4.78 is 4.89. The van der Waals surface area contributed by atoms with Crippen LogP contribution in [-0.2, 0) is 4.79 Å². The van der Waals surface area contributed by atoms with Crippen molar-refractivity contribution in [2.45, 2.75) is 12.8 Å². The third-order valence-corrected chi connectivity index (χ3v) is 3.12. The average molecular weight is 298 g/mol. The number of hydrogen-bond acceptors (Lipinski definition) is 4. The molecule has 1 amide bonds. The second-order valence-corrected chi connectivity index (χ2v) is 4.85. The number of fused-ring (bicyclic) bond motifs is 1. The van der Waals surface area contributed by atoms with E-state index < -0.39 is 5.76 Å². The highest BCUT2D eigenvalue weighted by atomic mass is 35.5. The number of aromatic amines is 1. The third-order valence-electron chi connectivity index (χ3n) is 3.12. The molecule has 0 atom stereocenters. The van der Waals surface area contributed by atoms with E-state index in [1.54, 1.807) is 18.2 Å². The lowest BCUT2D eigenvalue weighted by atomic mass is 10.3. The van der Waals surface area contributed by atoms with Crippen LogP contribution in [0.15, 0.2) is 27.4 Å². The SMILES string of the molecule is Cl.O=C(CNCC1CC1)Nc1ccc2oc(=O)[nH]c2c1. The number of aromatic nitrogens is 1. The predicted molar refractivity (Wildman–Crippen MR) is 78.3 cm³/mol. The molecule has 0 radical (unpaired) electrons. The van der Waals surface area contributed by atoms with Gasteiger partial charge in [0.05, 0.1) is 12.1 Å². The highest BCUT2D eigenvalue weighted by Crippen LogP contribution is 2.27. The quantitative estimate of drug-likeness (QED) is 0.780. The topological polar surface area (TPSA) is 87.1 Å². The van der Waals surface area contributed by atoms with Crippen LogP contribution in [0.25, 0.3) is 11.1 Å². The number of anilines is 1. The fourth-order valence-corrected chi connectivity index (χ4v) is 1.95. The zero-order valence-electron chi connectivity index (χ0n) is 10.8. The Kier molecular flexibility index (Phi) is 4.46. The van der Waals surface area contributed by atoms with Gasteiger partial charge in [0.15, 0.2) is 5.58 Å². The van der Waals surface area contributed by atoms with Gasteiger partial charge in [-0.1, -0.05) is 0 Å². The molecule has 1 aliphatic rings. The van der Waals surface area contributed by atoms with E-state index in [-0.39, 0.29) is 18.3 Å². The lowest BCUT2D eigenvalue weighted by Gasteiger charge is -2.06. The zero-order chi connectivity index (χ0) is 13.2. The van der Waals surface area contributed by atoms with Gasteiger partial charge in [-0.05, 0) is 43.5 Å².